The van der Waals surface area contributed by atoms with Crippen LogP contribution in [0.2, 0.25) is 0 Å². The number of anilines is 3. The van der Waals surface area contributed by atoms with Gasteiger partial charge in [-0.1, -0.05) is 18.2 Å². The van der Waals surface area contributed by atoms with Gasteiger partial charge in [-0.25, -0.2) is 14.4 Å². The van der Waals surface area contributed by atoms with Crippen LogP contribution in [0, 0.1) is 12.7 Å². The zero-order valence-electron chi connectivity index (χ0n) is 19.0. The second kappa shape index (κ2) is 10.8. The third-order valence-corrected chi connectivity index (χ3v) is 4.94. The van der Waals surface area contributed by atoms with Gasteiger partial charge in [0.05, 0.1) is 31.0 Å². The summed E-state index contributed by atoms with van der Waals surface area (Å²) in [4.78, 5) is 21.0. The summed E-state index contributed by atoms with van der Waals surface area (Å²) in [5, 5.41) is 21.0. The number of benzene rings is 1. The molecule has 2 aromatic heterocycles. The number of hydrogen-bond acceptors (Lipinski definition) is 8. The lowest BCUT2D eigenvalue weighted by molar-refractivity contribution is -0.118. The number of nitrogens with zero attached hydrogens (tertiary/aromatic N) is 5. The molecule has 33 heavy (non-hydrogen) atoms. The van der Waals surface area contributed by atoms with Crippen molar-refractivity contribution in [1.82, 2.24) is 19.7 Å². The minimum atomic E-state index is -0.277. The second-order valence-corrected chi connectivity index (χ2v) is 7.64. The van der Waals surface area contributed by atoms with E-state index in [4.69, 9.17) is 4.74 Å². The van der Waals surface area contributed by atoms with Gasteiger partial charge in [-0.2, -0.15) is 10.1 Å². The molecule has 3 N–H and O–H groups in total. The Labute approximate surface area is 191 Å². The van der Waals surface area contributed by atoms with Gasteiger partial charge in [0.2, 0.25) is 11.9 Å². The first-order chi connectivity index (χ1) is 15.8. The van der Waals surface area contributed by atoms with E-state index < -0.39 is 0 Å². The van der Waals surface area contributed by atoms with Gasteiger partial charge in [-0.05, 0) is 19.9 Å². The van der Waals surface area contributed by atoms with E-state index >= 15 is 0 Å². The van der Waals surface area contributed by atoms with Crippen LogP contribution in [0.3, 0.4) is 0 Å². The average Bonchev–Trinajstić information content (AvgIpc) is 3.22. The molecular formula is C22H28FN7O3. The summed E-state index contributed by atoms with van der Waals surface area (Å²) in [7, 11) is 2.94. The lowest BCUT2D eigenvalue weighted by Gasteiger charge is -2.19. The number of carbonyl (C=O) groups is 1. The molecule has 1 aromatic carbocycles. The first-order valence-corrected chi connectivity index (χ1v) is 10.4. The lowest BCUT2D eigenvalue weighted by atomic mass is 10.2. The maximum atomic E-state index is 13.9. The molecule has 176 valence electrons. The fourth-order valence-electron chi connectivity index (χ4n) is 3.12. The Kier molecular flexibility index (Phi) is 7.91. The van der Waals surface area contributed by atoms with Crippen LogP contribution in [0.5, 0.6) is 0 Å². The van der Waals surface area contributed by atoms with Crippen LogP contribution in [0.15, 0.2) is 36.7 Å². The first kappa shape index (κ1) is 24.1. The molecule has 0 bridgehead atoms. The molecule has 1 amide bonds. The summed E-state index contributed by atoms with van der Waals surface area (Å²) in [6.07, 6.45) is 3.38. The van der Waals surface area contributed by atoms with Crippen LogP contribution in [0.1, 0.15) is 30.2 Å². The van der Waals surface area contributed by atoms with E-state index in [9.17, 15) is 14.4 Å². The molecule has 0 aliphatic heterocycles. The van der Waals surface area contributed by atoms with Crippen molar-refractivity contribution in [2.75, 3.05) is 29.9 Å². The fourth-order valence-corrected chi connectivity index (χ4v) is 3.12. The third kappa shape index (κ3) is 6.46. The van der Waals surface area contributed by atoms with Gasteiger partial charge in [-0.15, -0.1) is 0 Å². The molecule has 0 aliphatic carbocycles. The first-order valence-electron chi connectivity index (χ1n) is 10.4. The molecule has 0 saturated carbocycles. The van der Waals surface area contributed by atoms with Gasteiger partial charge in [0, 0.05) is 38.0 Å². The number of rotatable bonds is 10. The van der Waals surface area contributed by atoms with Gasteiger partial charge in [0.25, 0.3) is 0 Å². The molecule has 0 aliphatic rings. The van der Waals surface area contributed by atoms with Crippen molar-refractivity contribution in [2.45, 2.75) is 39.5 Å². The predicted octanol–water partition coefficient (Wildman–Crippen LogP) is 2.97. The van der Waals surface area contributed by atoms with E-state index in [0.717, 1.165) is 10.6 Å². The monoisotopic (exact) mass is 457 g/mol. The van der Waals surface area contributed by atoms with Crippen LogP contribution >= 0.6 is 0 Å². The molecule has 0 radical (unpaired) electrons. The molecule has 0 saturated heterocycles. The van der Waals surface area contributed by atoms with Crippen molar-refractivity contribution < 1.29 is 19.1 Å². The van der Waals surface area contributed by atoms with E-state index in [0.29, 0.717) is 30.0 Å². The number of hydroxylamine groups is 1. The molecule has 11 heteroatoms. The molecule has 0 spiro atoms. The Morgan fingerprint density at radius 3 is 2.79 bits per heavy atom. The highest BCUT2D eigenvalue weighted by Gasteiger charge is 2.18. The number of aromatic nitrogens is 4. The van der Waals surface area contributed by atoms with Crippen molar-refractivity contribution >= 4 is 23.4 Å². The normalized spacial score (nSPS) is 11.8. The van der Waals surface area contributed by atoms with E-state index in [1.54, 1.807) is 49.1 Å². The van der Waals surface area contributed by atoms with Crippen molar-refractivity contribution in [1.29, 1.82) is 0 Å². The summed E-state index contributed by atoms with van der Waals surface area (Å²) in [5.41, 5.74) is 2.19. The van der Waals surface area contributed by atoms with Crippen LogP contribution in [0.4, 0.5) is 21.8 Å². The zero-order chi connectivity index (χ0) is 24.0. The van der Waals surface area contributed by atoms with Crippen molar-refractivity contribution in [3.8, 4) is 0 Å². The smallest absolute Gasteiger partial charge is 0.227 e. The van der Waals surface area contributed by atoms with Gasteiger partial charge in [-0.3, -0.25) is 14.7 Å². The average molecular weight is 458 g/mol. The second-order valence-electron chi connectivity index (χ2n) is 7.64. The number of hydrogen-bond donors (Lipinski definition) is 3. The standard InChI is InChI=1S/C22H28FN7O3/c1-14(33-4)9-19(31)27-20-15(2)26-22(28-21(20)29(3)32)24-10-16-11-25-30(12-16)13-17-7-5-6-8-18(17)23/h5-8,11-12,14,32H,9-10,13H2,1-4H3,(H,27,31)(H,24,26,28)/t14-/m1/s1. The lowest BCUT2D eigenvalue weighted by Crippen LogP contribution is -2.23. The number of halogens is 1. The molecule has 1 atom stereocenters. The maximum Gasteiger partial charge on any atom is 0.227 e. The minimum Gasteiger partial charge on any atom is -0.381 e. The third-order valence-electron chi connectivity index (χ3n) is 4.94. The predicted molar refractivity (Wildman–Crippen MR) is 122 cm³/mol. The molecule has 10 nitrogen and oxygen atoms in total. The van der Waals surface area contributed by atoms with E-state index in [2.05, 4.69) is 25.7 Å². The van der Waals surface area contributed by atoms with Crippen LogP contribution in [-0.4, -0.2) is 51.1 Å². The molecule has 0 fully saturated rings. The summed E-state index contributed by atoms with van der Waals surface area (Å²) in [6.45, 7) is 4.18. The largest absolute Gasteiger partial charge is 0.381 e. The highest BCUT2D eigenvalue weighted by molar-refractivity contribution is 5.94. The molecule has 3 rings (SSSR count). The number of ether oxygens (including phenoxy) is 1. The van der Waals surface area contributed by atoms with Crippen molar-refractivity contribution in [3.63, 3.8) is 0 Å². The number of amides is 1. The molecule has 3 aromatic rings. The Balaban J connectivity index is 1.68. The molecule has 0 unspecified atom stereocenters. The van der Waals surface area contributed by atoms with Gasteiger partial charge in [0.1, 0.15) is 11.5 Å². The van der Waals surface area contributed by atoms with E-state index in [1.165, 1.54) is 20.2 Å². The van der Waals surface area contributed by atoms with Crippen LogP contribution < -0.4 is 15.7 Å². The highest BCUT2D eigenvalue weighted by Crippen LogP contribution is 2.27. The van der Waals surface area contributed by atoms with Crippen LogP contribution in [0.25, 0.3) is 0 Å². The summed E-state index contributed by atoms with van der Waals surface area (Å²) >= 11 is 0. The van der Waals surface area contributed by atoms with E-state index in [-0.39, 0.29) is 36.0 Å². The number of aryl methyl sites for hydroxylation is 1. The van der Waals surface area contributed by atoms with Gasteiger partial charge < -0.3 is 15.4 Å². The summed E-state index contributed by atoms with van der Waals surface area (Å²) < 4.78 is 20.6. The Morgan fingerprint density at radius 1 is 1.33 bits per heavy atom. The van der Waals surface area contributed by atoms with E-state index in [1.807, 2.05) is 0 Å². The van der Waals surface area contributed by atoms with Crippen molar-refractivity contribution in [2.24, 2.45) is 0 Å². The van der Waals surface area contributed by atoms with Crippen LogP contribution in [-0.2, 0) is 22.6 Å². The minimum absolute atomic E-state index is 0.152. The SMILES string of the molecule is CO[C@H](C)CC(=O)Nc1c(C)nc(NCc2cnn(Cc3ccccc3F)c2)nc1N(C)O. The fraction of sp³-hybridized carbons (Fsp3) is 0.364. The highest BCUT2D eigenvalue weighted by atomic mass is 19.1. The number of methoxy groups -OCH3 is 1. The Morgan fingerprint density at radius 2 is 2.09 bits per heavy atom. The number of carbonyl (C=O) groups excluding carboxylic acids is 1. The topological polar surface area (TPSA) is 117 Å². The number of nitrogens with one attached hydrogen (secondary N) is 2. The van der Waals surface area contributed by atoms with Gasteiger partial charge in [0.15, 0.2) is 5.82 Å². The Hall–Kier alpha value is -3.57. The zero-order valence-corrected chi connectivity index (χ0v) is 19.0. The summed E-state index contributed by atoms with van der Waals surface area (Å²) in [6, 6.07) is 6.56. The van der Waals surface area contributed by atoms with Crippen molar-refractivity contribution in [3.05, 3.63) is 59.3 Å². The maximum absolute atomic E-state index is 13.9. The molecular weight excluding hydrogens is 429 g/mol. The summed E-state index contributed by atoms with van der Waals surface area (Å²) in [5.74, 6) is -0.129. The Bertz CT molecular complexity index is 1100. The quantitative estimate of drug-likeness (QED) is 0.398. The molecule has 2 heterocycles. The van der Waals surface area contributed by atoms with Gasteiger partial charge >= 0.3 is 0 Å².